The Bertz CT molecular complexity index is 1060. The molecule has 0 spiro atoms. The van der Waals surface area contributed by atoms with Crippen molar-refractivity contribution in [1.29, 1.82) is 0 Å². The van der Waals surface area contributed by atoms with Crippen LogP contribution in [-0.4, -0.2) is 65.6 Å². The highest BCUT2D eigenvalue weighted by molar-refractivity contribution is 6.32. The fourth-order valence-corrected chi connectivity index (χ4v) is 5.67. The summed E-state index contributed by atoms with van der Waals surface area (Å²) in [7, 11) is 0. The molecule has 200 valence electrons. The number of hydrogen-bond acceptors (Lipinski definition) is 4. The highest BCUT2D eigenvalue weighted by atomic mass is 35.5. The van der Waals surface area contributed by atoms with Crippen LogP contribution in [0.4, 0.5) is 0 Å². The predicted octanol–water partition coefficient (Wildman–Crippen LogP) is 4.95. The summed E-state index contributed by atoms with van der Waals surface area (Å²) in [5.41, 5.74) is 2.60. The molecular formula is C30H39ClN2O4. The number of aliphatic hydroxyl groups excluding tert-OH is 1. The molecule has 7 heteroatoms. The minimum Gasteiger partial charge on any atom is -0.493 e. The third kappa shape index (κ3) is 7.26. The van der Waals surface area contributed by atoms with Crippen LogP contribution in [0.1, 0.15) is 55.2 Å². The summed E-state index contributed by atoms with van der Waals surface area (Å²) in [5, 5.41) is 10.6. The summed E-state index contributed by atoms with van der Waals surface area (Å²) in [6, 6.07) is 13.9. The fraction of sp³-hybridized carbons (Fsp3) is 0.533. The first kappa shape index (κ1) is 27.5. The number of halogens is 1. The average molecular weight is 527 g/mol. The second-order valence-corrected chi connectivity index (χ2v) is 11.2. The summed E-state index contributed by atoms with van der Waals surface area (Å²) >= 11 is 6.35. The molecule has 2 aliphatic heterocycles. The Hall–Kier alpha value is -2.57. The van der Waals surface area contributed by atoms with Crippen molar-refractivity contribution in [2.24, 2.45) is 5.41 Å². The van der Waals surface area contributed by atoms with Crippen molar-refractivity contribution in [1.82, 2.24) is 9.80 Å². The van der Waals surface area contributed by atoms with Crippen molar-refractivity contribution in [2.45, 2.75) is 64.9 Å². The van der Waals surface area contributed by atoms with E-state index in [-0.39, 0.29) is 17.9 Å². The van der Waals surface area contributed by atoms with Crippen molar-refractivity contribution < 1.29 is 19.4 Å². The van der Waals surface area contributed by atoms with E-state index in [0.29, 0.717) is 64.9 Å². The number of piperidine rings is 2. The van der Waals surface area contributed by atoms with Gasteiger partial charge in [0.1, 0.15) is 5.75 Å². The molecule has 2 saturated heterocycles. The number of rotatable bonds is 8. The van der Waals surface area contributed by atoms with Crippen LogP contribution in [0.15, 0.2) is 42.5 Å². The standard InChI is InChI=1S/C30H39ClN2O4/c1-22-17-26(18-23(2)29(22)31)37-21-30(19-28(36)32-15-11-25(34)12-16-32)13-6-14-33(20-30)27(35)10-9-24-7-4-3-5-8-24/h3-5,7-8,17-18,25,34H,6,9-16,19-21H2,1-2H3. The van der Waals surface area contributed by atoms with E-state index < -0.39 is 5.41 Å². The lowest BCUT2D eigenvalue weighted by Gasteiger charge is -2.43. The molecular weight excluding hydrogens is 488 g/mol. The normalized spacial score (nSPS) is 20.6. The number of likely N-dealkylation sites (tertiary alicyclic amines) is 2. The predicted molar refractivity (Wildman–Crippen MR) is 146 cm³/mol. The van der Waals surface area contributed by atoms with Crippen molar-refractivity contribution in [3.63, 3.8) is 0 Å². The smallest absolute Gasteiger partial charge is 0.223 e. The molecule has 37 heavy (non-hydrogen) atoms. The second kappa shape index (κ2) is 12.3. The van der Waals surface area contributed by atoms with Gasteiger partial charge in [-0.25, -0.2) is 0 Å². The van der Waals surface area contributed by atoms with Gasteiger partial charge in [0, 0.05) is 49.5 Å². The van der Waals surface area contributed by atoms with Crippen LogP contribution in [0.3, 0.4) is 0 Å². The molecule has 4 rings (SSSR count). The molecule has 2 amide bonds. The first-order valence-electron chi connectivity index (χ1n) is 13.4. The van der Waals surface area contributed by atoms with Crippen molar-refractivity contribution in [3.05, 3.63) is 64.2 Å². The first-order valence-corrected chi connectivity index (χ1v) is 13.8. The van der Waals surface area contributed by atoms with E-state index in [0.717, 1.165) is 40.3 Å². The van der Waals surface area contributed by atoms with E-state index in [1.165, 1.54) is 0 Å². The Labute approximate surface area is 225 Å². The molecule has 2 aromatic rings. The summed E-state index contributed by atoms with van der Waals surface area (Å²) in [5.74, 6) is 0.942. The largest absolute Gasteiger partial charge is 0.493 e. The highest BCUT2D eigenvalue weighted by Gasteiger charge is 2.41. The maximum absolute atomic E-state index is 13.4. The number of carbonyl (C=O) groups excluding carboxylic acids is 2. The van der Waals surface area contributed by atoms with Crippen molar-refractivity contribution in [2.75, 3.05) is 32.8 Å². The third-order valence-electron chi connectivity index (χ3n) is 7.78. The number of aliphatic hydroxyl groups is 1. The zero-order valence-electron chi connectivity index (χ0n) is 22.0. The lowest BCUT2D eigenvalue weighted by Crippen LogP contribution is -2.51. The molecule has 0 aliphatic carbocycles. The molecule has 0 aromatic heterocycles. The van der Waals surface area contributed by atoms with Crippen LogP contribution in [-0.2, 0) is 16.0 Å². The maximum Gasteiger partial charge on any atom is 0.223 e. The summed E-state index contributed by atoms with van der Waals surface area (Å²) in [6.07, 6.45) is 4.05. The van der Waals surface area contributed by atoms with E-state index in [9.17, 15) is 14.7 Å². The molecule has 2 fully saturated rings. The summed E-state index contributed by atoms with van der Waals surface area (Å²) in [4.78, 5) is 30.4. The van der Waals surface area contributed by atoms with E-state index in [2.05, 4.69) is 0 Å². The van der Waals surface area contributed by atoms with Crippen LogP contribution in [0.5, 0.6) is 5.75 Å². The average Bonchev–Trinajstić information content (AvgIpc) is 2.90. The van der Waals surface area contributed by atoms with Crippen LogP contribution in [0.25, 0.3) is 0 Å². The van der Waals surface area contributed by atoms with E-state index in [1.807, 2.05) is 66.1 Å². The monoisotopic (exact) mass is 526 g/mol. The van der Waals surface area contributed by atoms with Gasteiger partial charge in [0.25, 0.3) is 0 Å². The van der Waals surface area contributed by atoms with E-state index >= 15 is 0 Å². The molecule has 0 radical (unpaired) electrons. The molecule has 2 heterocycles. The van der Waals surface area contributed by atoms with E-state index in [1.54, 1.807) is 0 Å². The Morgan fingerprint density at radius 3 is 2.38 bits per heavy atom. The van der Waals surface area contributed by atoms with Crippen LogP contribution in [0.2, 0.25) is 5.02 Å². The number of benzene rings is 2. The molecule has 0 bridgehead atoms. The van der Waals surface area contributed by atoms with Gasteiger partial charge in [-0.1, -0.05) is 41.9 Å². The number of amides is 2. The maximum atomic E-state index is 13.4. The number of carbonyl (C=O) groups is 2. The number of ether oxygens (including phenoxy) is 1. The Kier molecular flexibility index (Phi) is 9.14. The zero-order chi connectivity index (χ0) is 26.4. The quantitative estimate of drug-likeness (QED) is 0.528. The molecule has 2 aromatic carbocycles. The summed E-state index contributed by atoms with van der Waals surface area (Å²) in [6.45, 7) is 6.64. The van der Waals surface area contributed by atoms with Crippen molar-refractivity contribution >= 4 is 23.4 Å². The van der Waals surface area contributed by atoms with E-state index in [4.69, 9.17) is 16.3 Å². The summed E-state index contributed by atoms with van der Waals surface area (Å²) < 4.78 is 6.32. The number of hydrogen-bond donors (Lipinski definition) is 1. The Balaban J connectivity index is 1.48. The molecule has 0 saturated carbocycles. The molecule has 1 N–H and O–H groups in total. The number of aryl methyl sites for hydroxylation is 3. The van der Waals surface area contributed by atoms with Crippen LogP contribution < -0.4 is 4.74 Å². The van der Waals surface area contributed by atoms with Crippen molar-refractivity contribution in [3.8, 4) is 5.75 Å². The fourth-order valence-electron chi connectivity index (χ4n) is 5.56. The topological polar surface area (TPSA) is 70.1 Å². The molecule has 2 aliphatic rings. The van der Waals surface area contributed by atoms with Gasteiger partial charge in [0.2, 0.25) is 11.8 Å². The van der Waals surface area contributed by atoms with Gasteiger partial charge in [-0.3, -0.25) is 9.59 Å². The van der Waals surface area contributed by atoms with Gasteiger partial charge >= 0.3 is 0 Å². The Morgan fingerprint density at radius 1 is 1.03 bits per heavy atom. The molecule has 1 unspecified atom stereocenters. The van der Waals surface area contributed by atoms with Gasteiger partial charge in [0.15, 0.2) is 0 Å². The minimum absolute atomic E-state index is 0.0811. The molecule has 6 nitrogen and oxygen atoms in total. The van der Waals surface area contributed by atoms with Gasteiger partial charge in [-0.05, 0) is 74.8 Å². The lowest BCUT2D eigenvalue weighted by atomic mass is 9.77. The SMILES string of the molecule is Cc1cc(OCC2(CC(=O)N3CCC(O)CC3)CCCN(C(=O)CCc3ccccc3)C2)cc(C)c1Cl. The Morgan fingerprint density at radius 2 is 1.70 bits per heavy atom. The first-order chi connectivity index (χ1) is 17.7. The highest BCUT2D eigenvalue weighted by Crippen LogP contribution is 2.37. The van der Waals surface area contributed by atoms with Gasteiger partial charge < -0.3 is 19.6 Å². The van der Waals surface area contributed by atoms with Gasteiger partial charge in [0.05, 0.1) is 12.7 Å². The number of nitrogens with zero attached hydrogens (tertiary/aromatic N) is 2. The zero-order valence-corrected chi connectivity index (χ0v) is 22.8. The van der Waals surface area contributed by atoms with Crippen LogP contribution in [0, 0.1) is 19.3 Å². The second-order valence-electron chi connectivity index (χ2n) is 10.9. The minimum atomic E-state index is -0.463. The van der Waals surface area contributed by atoms with Gasteiger partial charge in [-0.2, -0.15) is 0 Å². The third-order valence-corrected chi connectivity index (χ3v) is 8.38. The van der Waals surface area contributed by atoms with Crippen LogP contribution >= 0.6 is 11.6 Å². The van der Waals surface area contributed by atoms with Gasteiger partial charge in [-0.15, -0.1) is 0 Å². The lowest BCUT2D eigenvalue weighted by molar-refractivity contribution is -0.142. The molecule has 1 atom stereocenters.